The third-order valence-electron chi connectivity index (χ3n) is 3.03. The molecule has 1 atom stereocenters. The molecule has 0 fully saturated rings. The molecule has 0 heterocycles. The normalized spacial score (nSPS) is 13.2. The summed E-state index contributed by atoms with van der Waals surface area (Å²) in [5, 5.41) is 9.99. The lowest BCUT2D eigenvalue weighted by Gasteiger charge is -2.27. The maximum absolute atomic E-state index is 13.2. The van der Waals surface area contributed by atoms with Crippen molar-refractivity contribution < 1.29 is 33.0 Å². The van der Waals surface area contributed by atoms with Crippen molar-refractivity contribution in [3.63, 3.8) is 0 Å². The fourth-order valence-corrected chi connectivity index (χ4v) is 4.31. The van der Waals surface area contributed by atoms with Crippen LogP contribution in [0.15, 0.2) is 12.1 Å². The van der Waals surface area contributed by atoms with E-state index in [9.17, 15) is 14.5 Å². The van der Waals surface area contributed by atoms with E-state index in [1.807, 2.05) is 0 Å². The minimum atomic E-state index is -3.80. The standard InChI is InChI=1S/C16H25O7P/c1-10(2)22-24(19,23-11(3)4)15(9-17)12-7-13(20-5)16(18)14(8-12)21-6/h7-11,15,18H,1-6H3. The van der Waals surface area contributed by atoms with Gasteiger partial charge in [-0.3, -0.25) is 4.57 Å². The fraction of sp³-hybridized carbons (Fsp3) is 0.562. The highest BCUT2D eigenvalue weighted by Crippen LogP contribution is 2.62. The molecule has 0 aliphatic heterocycles. The van der Waals surface area contributed by atoms with Crippen LogP contribution in [0.5, 0.6) is 17.2 Å². The van der Waals surface area contributed by atoms with Crippen LogP contribution in [-0.4, -0.2) is 37.8 Å². The predicted octanol–water partition coefficient (Wildman–Crippen LogP) is 3.69. The van der Waals surface area contributed by atoms with Crippen molar-refractivity contribution in [2.45, 2.75) is 45.6 Å². The number of phenolic OH excluding ortho intramolecular Hbond substituents is 1. The van der Waals surface area contributed by atoms with Gasteiger partial charge in [0.25, 0.3) is 0 Å². The number of ether oxygens (including phenoxy) is 2. The molecule has 8 heteroatoms. The summed E-state index contributed by atoms with van der Waals surface area (Å²) in [6.45, 7) is 6.82. The summed E-state index contributed by atoms with van der Waals surface area (Å²) >= 11 is 0. The van der Waals surface area contributed by atoms with Gasteiger partial charge in [-0.15, -0.1) is 0 Å². The van der Waals surface area contributed by atoms with Crippen molar-refractivity contribution in [2.75, 3.05) is 14.2 Å². The van der Waals surface area contributed by atoms with Gasteiger partial charge in [0.05, 0.1) is 26.4 Å². The van der Waals surface area contributed by atoms with Crippen LogP contribution in [-0.2, 0) is 18.4 Å². The van der Waals surface area contributed by atoms with Crippen LogP contribution in [0.4, 0.5) is 0 Å². The largest absolute Gasteiger partial charge is 0.502 e. The molecule has 0 spiro atoms. The van der Waals surface area contributed by atoms with E-state index in [1.54, 1.807) is 27.7 Å². The molecule has 1 rings (SSSR count). The quantitative estimate of drug-likeness (QED) is 0.530. The summed E-state index contributed by atoms with van der Waals surface area (Å²) < 4.78 is 34.4. The highest BCUT2D eigenvalue weighted by molar-refractivity contribution is 7.55. The third-order valence-corrected chi connectivity index (χ3v) is 5.56. The Morgan fingerprint density at radius 2 is 1.42 bits per heavy atom. The first-order valence-corrected chi connectivity index (χ1v) is 9.16. The molecule has 1 unspecified atom stereocenters. The van der Waals surface area contributed by atoms with Gasteiger partial charge in [0.15, 0.2) is 11.5 Å². The molecule has 0 aliphatic rings. The number of aldehydes is 1. The summed E-state index contributed by atoms with van der Waals surface area (Å²) in [4.78, 5) is 11.7. The van der Waals surface area contributed by atoms with Crippen molar-refractivity contribution in [1.29, 1.82) is 0 Å². The van der Waals surface area contributed by atoms with Crippen molar-refractivity contribution >= 4 is 13.9 Å². The molecule has 1 N–H and O–H groups in total. The molecule has 1 aromatic carbocycles. The Labute approximate surface area is 142 Å². The lowest BCUT2D eigenvalue weighted by atomic mass is 10.1. The second-order valence-electron chi connectivity index (χ2n) is 5.70. The van der Waals surface area contributed by atoms with E-state index in [4.69, 9.17) is 18.5 Å². The van der Waals surface area contributed by atoms with Crippen molar-refractivity contribution in [3.05, 3.63) is 17.7 Å². The molecule has 0 amide bonds. The summed E-state index contributed by atoms with van der Waals surface area (Å²) in [6.07, 6.45) is -0.299. The molecular weight excluding hydrogens is 335 g/mol. The Bertz CT molecular complexity index is 573. The zero-order valence-electron chi connectivity index (χ0n) is 14.8. The minimum absolute atomic E-state index is 0.0943. The molecule has 0 bridgehead atoms. The molecule has 0 radical (unpaired) electrons. The molecule has 0 aromatic heterocycles. The van der Waals surface area contributed by atoms with E-state index in [1.165, 1.54) is 26.4 Å². The van der Waals surface area contributed by atoms with Gasteiger partial charge in [-0.05, 0) is 45.4 Å². The number of hydrogen-bond acceptors (Lipinski definition) is 7. The van der Waals surface area contributed by atoms with Gasteiger partial charge in [0, 0.05) is 0 Å². The summed E-state index contributed by atoms with van der Waals surface area (Å²) in [5.41, 5.74) is -0.869. The predicted molar refractivity (Wildman–Crippen MR) is 90.1 cm³/mol. The Morgan fingerprint density at radius 3 is 1.71 bits per heavy atom. The number of carbonyl (C=O) groups is 1. The molecule has 0 aliphatic carbocycles. The van der Waals surface area contributed by atoms with Gasteiger partial charge in [0.1, 0.15) is 11.9 Å². The second-order valence-corrected chi connectivity index (χ2v) is 7.76. The van der Waals surface area contributed by atoms with Gasteiger partial charge >= 0.3 is 7.60 Å². The van der Waals surface area contributed by atoms with Gasteiger partial charge in [0.2, 0.25) is 5.75 Å². The number of rotatable bonds is 9. The first-order chi connectivity index (χ1) is 11.2. The number of carbonyl (C=O) groups excluding carboxylic acids is 1. The zero-order valence-corrected chi connectivity index (χ0v) is 15.7. The van der Waals surface area contributed by atoms with Gasteiger partial charge in [-0.1, -0.05) is 0 Å². The molecule has 7 nitrogen and oxygen atoms in total. The van der Waals surface area contributed by atoms with E-state index in [2.05, 4.69) is 0 Å². The Kier molecular flexibility index (Phi) is 7.27. The smallest absolute Gasteiger partial charge is 0.345 e. The molecule has 0 saturated heterocycles. The maximum Gasteiger partial charge on any atom is 0.345 e. The Morgan fingerprint density at radius 1 is 1.00 bits per heavy atom. The number of hydrogen-bond donors (Lipinski definition) is 1. The topological polar surface area (TPSA) is 91.3 Å². The highest BCUT2D eigenvalue weighted by Gasteiger charge is 2.40. The first-order valence-electron chi connectivity index (χ1n) is 7.55. The molecule has 0 saturated carbocycles. The molecule has 1 aromatic rings. The van der Waals surface area contributed by atoms with Gasteiger partial charge in [-0.25, -0.2) is 0 Å². The van der Waals surface area contributed by atoms with E-state index in [0.29, 0.717) is 11.8 Å². The number of benzene rings is 1. The second kappa shape index (κ2) is 8.51. The molecule has 24 heavy (non-hydrogen) atoms. The first kappa shape index (κ1) is 20.5. The van der Waals surface area contributed by atoms with Crippen LogP contribution in [0.3, 0.4) is 0 Å². The number of phenols is 1. The van der Waals surface area contributed by atoms with E-state index >= 15 is 0 Å². The highest BCUT2D eigenvalue weighted by atomic mass is 31.2. The van der Waals surface area contributed by atoms with E-state index < -0.39 is 25.5 Å². The van der Waals surface area contributed by atoms with Crippen LogP contribution < -0.4 is 9.47 Å². The summed E-state index contributed by atoms with van der Waals surface area (Å²) in [7, 11) is -1.07. The molecule has 136 valence electrons. The zero-order chi connectivity index (χ0) is 18.5. The average Bonchev–Trinajstić information content (AvgIpc) is 2.47. The van der Waals surface area contributed by atoms with Gasteiger partial charge < -0.3 is 28.4 Å². The Hall–Kier alpha value is -1.56. The van der Waals surface area contributed by atoms with Crippen LogP contribution in [0.25, 0.3) is 0 Å². The van der Waals surface area contributed by atoms with E-state index in [-0.39, 0.29) is 17.2 Å². The lowest BCUT2D eigenvalue weighted by Crippen LogP contribution is -2.14. The lowest BCUT2D eigenvalue weighted by molar-refractivity contribution is -0.108. The van der Waals surface area contributed by atoms with Crippen LogP contribution in [0, 0.1) is 0 Å². The minimum Gasteiger partial charge on any atom is -0.502 e. The SMILES string of the molecule is COc1cc(C(C=O)P(=O)(OC(C)C)OC(C)C)cc(OC)c1O. The third kappa shape index (κ3) is 4.72. The number of methoxy groups -OCH3 is 2. The Balaban J connectivity index is 3.46. The fourth-order valence-electron chi connectivity index (χ4n) is 2.16. The number of aromatic hydroxyl groups is 1. The van der Waals surface area contributed by atoms with Crippen molar-refractivity contribution in [2.24, 2.45) is 0 Å². The molecular formula is C16H25O7P. The van der Waals surface area contributed by atoms with Crippen LogP contribution in [0.2, 0.25) is 0 Å². The van der Waals surface area contributed by atoms with Crippen molar-refractivity contribution in [1.82, 2.24) is 0 Å². The van der Waals surface area contributed by atoms with E-state index in [0.717, 1.165) is 0 Å². The summed E-state index contributed by atoms with van der Waals surface area (Å²) in [6, 6.07) is 2.83. The maximum atomic E-state index is 13.2. The monoisotopic (exact) mass is 360 g/mol. The van der Waals surface area contributed by atoms with Crippen LogP contribution >= 0.6 is 7.60 Å². The summed E-state index contributed by atoms with van der Waals surface area (Å²) in [5.74, 6) is -0.0218. The average molecular weight is 360 g/mol. The van der Waals surface area contributed by atoms with Crippen LogP contribution in [0.1, 0.15) is 38.9 Å². The van der Waals surface area contributed by atoms with Gasteiger partial charge in [-0.2, -0.15) is 0 Å². The van der Waals surface area contributed by atoms with Crippen molar-refractivity contribution in [3.8, 4) is 17.2 Å².